The fourth-order valence-corrected chi connectivity index (χ4v) is 4.19. The minimum atomic E-state index is 0.234. The fourth-order valence-electron chi connectivity index (χ4n) is 4.19. The normalized spacial score (nSPS) is 29.5. The highest BCUT2D eigenvalue weighted by Crippen LogP contribution is 2.26. The molecule has 0 spiro atoms. The van der Waals surface area contributed by atoms with Gasteiger partial charge in [-0.1, -0.05) is 0 Å². The lowest BCUT2D eigenvalue weighted by molar-refractivity contribution is -0.128. The molecule has 3 rings (SSSR count). The zero-order valence-electron chi connectivity index (χ0n) is 14.4. The van der Waals surface area contributed by atoms with Gasteiger partial charge in [-0.05, 0) is 78.4 Å². The van der Waals surface area contributed by atoms with E-state index in [0.717, 1.165) is 13.0 Å². The number of hydrogen-bond donors (Lipinski definition) is 1. The van der Waals surface area contributed by atoms with Crippen molar-refractivity contribution in [3.05, 3.63) is 0 Å². The molecule has 1 atom stereocenters. The summed E-state index contributed by atoms with van der Waals surface area (Å²) in [5.41, 5.74) is 0. The van der Waals surface area contributed by atoms with Gasteiger partial charge in [0.2, 0.25) is 5.91 Å². The Kier molecular flexibility index (Phi) is 5.40. The minimum absolute atomic E-state index is 0.234. The molecule has 0 aromatic rings. The Morgan fingerprint density at radius 3 is 2.32 bits per heavy atom. The number of carbonyl (C=O) groups is 1. The van der Waals surface area contributed by atoms with Gasteiger partial charge in [0.15, 0.2) is 0 Å². The first-order valence-corrected chi connectivity index (χ1v) is 9.42. The SMILES string of the molecule is CC(C)N1CCC(N2CCC[C@H](C(=O)NC3CCC3)C2)CC1. The Hall–Kier alpha value is -0.610. The monoisotopic (exact) mass is 307 g/mol. The highest BCUT2D eigenvalue weighted by Gasteiger charge is 2.33. The maximum Gasteiger partial charge on any atom is 0.224 e. The largest absolute Gasteiger partial charge is 0.353 e. The van der Waals surface area contributed by atoms with Crippen LogP contribution in [0.15, 0.2) is 0 Å². The van der Waals surface area contributed by atoms with Crippen LogP contribution in [0.1, 0.15) is 58.8 Å². The Balaban J connectivity index is 1.47. The van der Waals surface area contributed by atoms with Crippen molar-refractivity contribution in [2.45, 2.75) is 76.9 Å². The van der Waals surface area contributed by atoms with E-state index in [1.54, 1.807) is 0 Å². The Bertz CT molecular complexity index is 373. The highest BCUT2D eigenvalue weighted by atomic mass is 16.2. The molecule has 4 heteroatoms. The van der Waals surface area contributed by atoms with Gasteiger partial charge in [0.05, 0.1) is 5.92 Å². The molecule has 0 unspecified atom stereocenters. The molecule has 0 bridgehead atoms. The lowest BCUT2D eigenvalue weighted by Gasteiger charge is -2.43. The molecule has 1 saturated carbocycles. The van der Waals surface area contributed by atoms with E-state index in [1.165, 1.54) is 58.2 Å². The van der Waals surface area contributed by atoms with Crippen molar-refractivity contribution in [2.24, 2.45) is 5.92 Å². The standard InChI is InChI=1S/C18H33N3O/c1-14(2)20-11-8-17(9-12-20)21-10-4-5-15(13-21)18(22)19-16-6-3-7-16/h14-17H,3-13H2,1-2H3,(H,19,22)/t15-/m0/s1. The van der Waals surface area contributed by atoms with Gasteiger partial charge in [-0.3, -0.25) is 9.69 Å². The maximum absolute atomic E-state index is 12.4. The second kappa shape index (κ2) is 7.31. The van der Waals surface area contributed by atoms with Crippen molar-refractivity contribution in [3.63, 3.8) is 0 Å². The van der Waals surface area contributed by atoms with Gasteiger partial charge in [0.1, 0.15) is 0 Å². The van der Waals surface area contributed by atoms with E-state index < -0.39 is 0 Å². The van der Waals surface area contributed by atoms with Crippen molar-refractivity contribution in [2.75, 3.05) is 26.2 Å². The molecular formula is C18H33N3O. The molecule has 0 aromatic heterocycles. The van der Waals surface area contributed by atoms with E-state index >= 15 is 0 Å². The van der Waals surface area contributed by atoms with Gasteiger partial charge >= 0.3 is 0 Å². The van der Waals surface area contributed by atoms with Crippen LogP contribution in [0.2, 0.25) is 0 Å². The molecular weight excluding hydrogens is 274 g/mol. The summed E-state index contributed by atoms with van der Waals surface area (Å²) in [4.78, 5) is 17.6. The summed E-state index contributed by atoms with van der Waals surface area (Å²) < 4.78 is 0. The molecule has 0 radical (unpaired) electrons. The summed E-state index contributed by atoms with van der Waals surface area (Å²) >= 11 is 0. The average molecular weight is 307 g/mol. The lowest BCUT2D eigenvalue weighted by Crippen LogP contribution is -2.52. The molecule has 4 nitrogen and oxygen atoms in total. The van der Waals surface area contributed by atoms with Crippen LogP contribution in [0.4, 0.5) is 0 Å². The second-order valence-corrected chi connectivity index (χ2v) is 7.83. The molecule has 0 aromatic carbocycles. The molecule has 1 aliphatic carbocycles. The van der Waals surface area contributed by atoms with Crippen LogP contribution >= 0.6 is 0 Å². The van der Waals surface area contributed by atoms with E-state index in [9.17, 15) is 4.79 Å². The fraction of sp³-hybridized carbons (Fsp3) is 0.944. The number of nitrogens with one attached hydrogen (secondary N) is 1. The lowest BCUT2D eigenvalue weighted by atomic mass is 9.90. The first kappa shape index (κ1) is 16.3. The Morgan fingerprint density at radius 1 is 1.00 bits per heavy atom. The van der Waals surface area contributed by atoms with Crippen molar-refractivity contribution >= 4 is 5.91 Å². The smallest absolute Gasteiger partial charge is 0.224 e. The number of hydrogen-bond acceptors (Lipinski definition) is 3. The van der Waals surface area contributed by atoms with E-state index in [-0.39, 0.29) is 5.92 Å². The number of piperidine rings is 2. The first-order valence-electron chi connectivity index (χ1n) is 9.42. The van der Waals surface area contributed by atoms with Crippen LogP contribution in [0.3, 0.4) is 0 Å². The van der Waals surface area contributed by atoms with Crippen LogP contribution in [0.25, 0.3) is 0 Å². The number of amides is 1. The number of carbonyl (C=O) groups excluding carboxylic acids is 1. The van der Waals surface area contributed by atoms with E-state index in [1.807, 2.05) is 0 Å². The molecule has 3 aliphatic rings. The summed E-state index contributed by atoms with van der Waals surface area (Å²) in [6.45, 7) is 9.21. The average Bonchev–Trinajstić information content (AvgIpc) is 2.51. The molecule has 2 heterocycles. The Morgan fingerprint density at radius 2 is 1.73 bits per heavy atom. The van der Waals surface area contributed by atoms with Crippen molar-refractivity contribution in [1.29, 1.82) is 0 Å². The van der Waals surface area contributed by atoms with Crippen molar-refractivity contribution in [3.8, 4) is 0 Å². The van der Waals surface area contributed by atoms with Crippen LogP contribution in [-0.2, 0) is 4.79 Å². The number of likely N-dealkylation sites (tertiary alicyclic amines) is 2. The summed E-state index contributed by atoms with van der Waals surface area (Å²) in [6, 6.07) is 1.86. The van der Waals surface area contributed by atoms with Gasteiger partial charge < -0.3 is 10.2 Å². The predicted octanol–water partition coefficient (Wildman–Crippen LogP) is 2.24. The second-order valence-electron chi connectivity index (χ2n) is 7.83. The summed E-state index contributed by atoms with van der Waals surface area (Å²) in [7, 11) is 0. The molecule has 1 N–H and O–H groups in total. The summed E-state index contributed by atoms with van der Waals surface area (Å²) in [5, 5.41) is 3.26. The van der Waals surface area contributed by atoms with E-state index in [0.29, 0.717) is 24.0 Å². The maximum atomic E-state index is 12.4. The first-order chi connectivity index (χ1) is 10.6. The zero-order chi connectivity index (χ0) is 15.5. The van der Waals surface area contributed by atoms with Crippen LogP contribution < -0.4 is 5.32 Å². The Labute approximate surface area is 135 Å². The third-order valence-corrected chi connectivity index (χ3v) is 6.02. The molecule has 2 saturated heterocycles. The third kappa shape index (κ3) is 3.83. The van der Waals surface area contributed by atoms with Gasteiger partial charge in [0.25, 0.3) is 0 Å². The quantitative estimate of drug-likeness (QED) is 0.865. The van der Waals surface area contributed by atoms with Gasteiger partial charge in [-0.15, -0.1) is 0 Å². The van der Waals surface area contributed by atoms with Crippen LogP contribution in [0, 0.1) is 5.92 Å². The van der Waals surface area contributed by atoms with Gasteiger partial charge in [-0.2, -0.15) is 0 Å². The van der Waals surface area contributed by atoms with Gasteiger partial charge in [0, 0.05) is 24.7 Å². The number of nitrogens with zero attached hydrogens (tertiary/aromatic N) is 2. The zero-order valence-corrected chi connectivity index (χ0v) is 14.4. The van der Waals surface area contributed by atoms with Crippen molar-refractivity contribution < 1.29 is 4.79 Å². The molecule has 126 valence electrons. The van der Waals surface area contributed by atoms with Crippen LogP contribution in [0.5, 0.6) is 0 Å². The minimum Gasteiger partial charge on any atom is -0.353 e. The summed E-state index contributed by atoms with van der Waals surface area (Å²) in [6.07, 6.45) is 8.49. The molecule has 2 aliphatic heterocycles. The highest BCUT2D eigenvalue weighted by molar-refractivity contribution is 5.79. The van der Waals surface area contributed by atoms with E-state index in [2.05, 4.69) is 29.0 Å². The van der Waals surface area contributed by atoms with Crippen LogP contribution in [-0.4, -0.2) is 60.0 Å². The predicted molar refractivity (Wildman–Crippen MR) is 89.8 cm³/mol. The third-order valence-electron chi connectivity index (χ3n) is 6.02. The van der Waals surface area contributed by atoms with E-state index in [4.69, 9.17) is 0 Å². The topological polar surface area (TPSA) is 35.6 Å². The van der Waals surface area contributed by atoms with Gasteiger partial charge in [-0.25, -0.2) is 0 Å². The van der Waals surface area contributed by atoms with Crippen molar-refractivity contribution in [1.82, 2.24) is 15.1 Å². The summed E-state index contributed by atoms with van der Waals surface area (Å²) in [5.74, 6) is 0.562. The molecule has 1 amide bonds. The molecule has 22 heavy (non-hydrogen) atoms. The molecule has 3 fully saturated rings. The number of rotatable bonds is 4.